The van der Waals surface area contributed by atoms with Crippen molar-refractivity contribution < 1.29 is 9.59 Å². The van der Waals surface area contributed by atoms with E-state index in [4.69, 9.17) is 5.73 Å². The van der Waals surface area contributed by atoms with Crippen LogP contribution in [0, 0.1) is 11.8 Å². The molecule has 20 heavy (non-hydrogen) atoms. The zero-order chi connectivity index (χ0) is 14.5. The fourth-order valence-electron chi connectivity index (χ4n) is 3.30. The van der Waals surface area contributed by atoms with Crippen LogP contribution in [0.3, 0.4) is 0 Å². The molecule has 3 N–H and O–H groups in total. The largest absolute Gasteiger partial charge is 0.347 e. The van der Waals surface area contributed by atoms with Gasteiger partial charge in [-0.05, 0) is 38.0 Å². The number of piperidine rings is 1. The topological polar surface area (TPSA) is 75.4 Å². The maximum absolute atomic E-state index is 12.2. The number of nitrogens with zero attached hydrogens (tertiary/aromatic N) is 1. The Bertz CT molecular complexity index is 353. The van der Waals surface area contributed by atoms with Crippen molar-refractivity contribution in [1.29, 1.82) is 0 Å². The number of nitrogens with two attached hydrogens (primary N) is 1. The molecule has 0 aromatic heterocycles. The minimum atomic E-state index is -0.132. The van der Waals surface area contributed by atoms with Crippen LogP contribution in [-0.2, 0) is 9.59 Å². The molecule has 1 saturated heterocycles. The Labute approximate surface area is 121 Å². The first-order chi connectivity index (χ1) is 9.59. The van der Waals surface area contributed by atoms with Crippen LogP contribution in [-0.4, -0.2) is 42.4 Å². The van der Waals surface area contributed by atoms with Gasteiger partial charge in [0.25, 0.3) is 0 Å². The van der Waals surface area contributed by atoms with Crippen molar-refractivity contribution in [3.8, 4) is 0 Å². The fourth-order valence-corrected chi connectivity index (χ4v) is 3.30. The number of hydrogen-bond donors (Lipinski definition) is 2. The van der Waals surface area contributed by atoms with E-state index in [-0.39, 0.29) is 30.3 Å². The summed E-state index contributed by atoms with van der Waals surface area (Å²) in [5, 5.41) is 2.79. The lowest BCUT2D eigenvalue weighted by Gasteiger charge is -2.33. The third-order valence-electron chi connectivity index (χ3n) is 4.76. The monoisotopic (exact) mass is 281 g/mol. The Morgan fingerprint density at radius 2 is 1.85 bits per heavy atom. The van der Waals surface area contributed by atoms with Crippen LogP contribution in [0.2, 0.25) is 0 Å². The summed E-state index contributed by atoms with van der Waals surface area (Å²) >= 11 is 0. The number of hydrogen-bond acceptors (Lipinski definition) is 3. The lowest BCUT2D eigenvalue weighted by atomic mass is 9.78. The highest BCUT2D eigenvalue weighted by molar-refractivity contribution is 5.86. The van der Waals surface area contributed by atoms with Gasteiger partial charge in [0.1, 0.15) is 0 Å². The van der Waals surface area contributed by atoms with Crippen molar-refractivity contribution in [2.75, 3.05) is 19.6 Å². The van der Waals surface area contributed by atoms with E-state index in [1.54, 1.807) is 0 Å². The van der Waals surface area contributed by atoms with E-state index >= 15 is 0 Å². The molecule has 3 atom stereocenters. The summed E-state index contributed by atoms with van der Waals surface area (Å²) in [6, 6.07) is -0.0751. The summed E-state index contributed by atoms with van der Waals surface area (Å²) in [5.74, 6) is 0.245. The highest BCUT2D eigenvalue weighted by atomic mass is 16.2. The summed E-state index contributed by atoms with van der Waals surface area (Å²) in [6.07, 6.45) is 6.33. The van der Waals surface area contributed by atoms with Gasteiger partial charge in [-0.15, -0.1) is 0 Å². The molecule has 1 aliphatic heterocycles. The first-order valence-corrected chi connectivity index (χ1v) is 7.90. The fraction of sp³-hybridized carbons (Fsp3) is 0.867. The van der Waals surface area contributed by atoms with Crippen LogP contribution in [0.5, 0.6) is 0 Å². The van der Waals surface area contributed by atoms with Crippen molar-refractivity contribution in [3.63, 3.8) is 0 Å². The first-order valence-electron chi connectivity index (χ1n) is 7.90. The number of likely N-dealkylation sites (tertiary alicyclic amines) is 1. The van der Waals surface area contributed by atoms with Crippen molar-refractivity contribution >= 4 is 11.8 Å². The van der Waals surface area contributed by atoms with Gasteiger partial charge in [0.2, 0.25) is 11.8 Å². The molecule has 5 nitrogen and oxygen atoms in total. The van der Waals surface area contributed by atoms with Crippen LogP contribution in [0.1, 0.15) is 45.4 Å². The van der Waals surface area contributed by atoms with Crippen molar-refractivity contribution in [2.24, 2.45) is 17.6 Å². The number of carbonyl (C=O) groups is 2. The van der Waals surface area contributed by atoms with Crippen LogP contribution in [0.15, 0.2) is 0 Å². The van der Waals surface area contributed by atoms with Gasteiger partial charge < -0.3 is 16.0 Å². The molecule has 2 aliphatic rings. The van der Waals surface area contributed by atoms with Gasteiger partial charge in [-0.1, -0.05) is 13.3 Å². The van der Waals surface area contributed by atoms with E-state index in [1.165, 1.54) is 6.42 Å². The second kappa shape index (κ2) is 7.07. The summed E-state index contributed by atoms with van der Waals surface area (Å²) in [4.78, 5) is 26.0. The third-order valence-corrected chi connectivity index (χ3v) is 4.76. The van der Waals surface area contributed by atoms with Gasteiger partial charge in [0.15, 0.2) is 0 Å². The molecule has 3 unspecified atom stereocenters. The Kier molecular flexibility index (Phi) is 5.40. The molecule has 2 rings (SSSR count). The van der Waals surface area contributed by atoms with Gasteiger partial charge in [-0.3, -0.25) is 9.59 Å². The quantitative estimate of drug-likeness (QED) is 0.806. The molecule has 0 aromatic carbocycles. The van der Waals surface area contributed by atoms with E-state index in [2.05, 4.69) is 12.2 Å². The normalized spacial score (nSPS) is 30.9. The van der Waals surface area contributed by atoms with Crippen LogP contribution >= 0.6 is 0 Å². The zero-order valence-electron chi connectivity index (χ0n) is 12.4. The zero-order valence-corrected chi connectivity index (χ0v) is 12.4. The second-order valence-corrected chi connectivity index (χ2v) is 6.25. The molecule has 0 aromatic rings. The molecule has 1 aliphatic carbocycles. The molecule has 1 heterocycles. The van der Waals surface area contributed by atoms with Gasteiger partial charge in [-0.2, -0.15) is 0 Å². The summed E-state index contributed by atoms with van der Waals surface area (Å²) < 4.78 is 0. The molecule has 2 fully saturated rings. The average Bonchev–Trinajstić information content (AvgIpc) is 2.48. The standard InChI is InChI=1S/C15H27N3O2/c1-11-6-5-7-12(14(11)16)15(20)17-10-13(19)18-8-3-2-4-9-18/h11-12,14H,2-10,16H2,1H3,(H,17,20). The highest BCUT2D eigenvalue weighted by Gasteiger charge is 2.32. The van der Waals surface area contributed by atoms with Crippen molar-refractivity contribution in [1.82, 2.24) is 10.2 Å². The number of nitrogens with one attached hydrogen (secondary N) is 1. The second-order valence-electron chi connectivity index (χ2n) is 6.25. The van der Waals surface area contributed by atoms with Crippen molar-refractivity contribution in [2.45, 2.75) is 51.5 Å². The summed E-state index contributed by atoms with van der Waals surface area (Å²) in [5.41, 5.74) is 6.12. The van der Waals surface area contributed by atoms with E-state index in [0.29, 0.717) is 5.92 Å². The molecule has 0 spiro atoms. The molecule has 1 saturated carbocycles. The van der Waals surface area contributed by atoms with Gasteiger partial charge >= 0.3 is 0 Å². The molecular weight excluding hydrogens is 254 g/mol. The molecule has 0 bridgehead atoms. The molecule has 5 heteroatoms. The van der Waals surface area contributed by atoms with Gasteiger partial charge in [0, 0.05) is 19.1 Å². The predicted octanol–water partition coefficient (Wildman–Crippen LogP) is 0.879. The van der Waals surface area contributed by atoms with Crippen LogP contribution < -0.4 is 11.1 Å². The Hall–Kier alpha value is -1.10. The molecule has 114 valence electrons. The van der Waals surface area contributed by atoms with Crippen LogP contribution in [0.4, 0.5) is 0 Å². The maximum atomic E-state index is 12.2. The lowest BCUT2D eigenvalue weighted by Crippen LogP contribution is -2.50. The lowest BCUT2D eigenvalue weighted by molar-refractivity contribution is -0.135. The minimum absolute atomic E-state index is 0.0375. The Morgan fingerprint density at radius 1 is 1.15 bits per heavy atom. The number of amides is 2. The average molecular weight is 281 g/mol. The smallest absolute Gasteiger partial charge is 0.241 e. The maximum Gasteiger partial charge on any atom is 0.241 e. The van der Waals surface area contributed by atoms with E-state index in [1.807, 2.05) is 4.90 Å². The van der Waals surface area contributed by atoms with E-state index in [9.17, 15) is 9.59 Å². The molecule has 0 radical (unpaired) electrons. The SMILES string of the molecule is CC1CCCC(C(=O)NCC(=O)N2CCCCC2)C1N. The van der Waals surface area contributed by atoms with Crippen LogP contribution in [0.25, 0.3) is 0 Å². The van der Waals surface area contributed by atoms with Gasteiger partial charge in [0.05, 0.1) is 12.5 Å². The van der Waals surface area contributed by atoms with E-state index in [0.717, 1.165) is 45.2 Å². The number of carbonyl (C=O) groups excluding carboxylic acids is 2. The third kappa shape index (κ3) is 3.72. The Morgan fingerprint density at radius 3 is 2.55 bits per heavy atom. The number of rotatable bonds is 3. The van der Waals surface area contributed by atoms with Crippen molar-refractivity contribution in [3.05, 3.63) is 0 Å². The molecule has 2 amide bonds. The van der Waals surface area contributed by atoms with Gasteiger partial charge in [-0.25, -0.2) is 0 Å². The highest BCUT2D eigenvalue weighted by Crippen LogP contribution is 2.27. The molecular formula is C15H27N3O2. The van der Waals surface area contributed by atoms with E-state index < -0.39 is 0 Å². The summed E-state index contributed by atoms with van der Waals surface area (Å²) in [6.45, 7) is 3.88. The first kappa shape index (κ1) is 15.3. The minimum Gasteiger partial charge on any atom is -0.347 e. The Balaban J connectivity index is 1.77. The summed E-state index contributed by atoms with van der Waals surface area (Å²) in [7, 11) is 0. The predicted molar refractivity (Wildman–Crippen MR) is 77.9 cm³/mol.